The quantitative estimate of drug-likeness (QED) is 0.810. The van der Waals surface area contributed by atoms with Crippen molar-refractivity contribution >= 4 is 5.91 Å². The molecule has 0 radical (unpaired) electrons. The van der Waals surface area contributed by atoms with Crippen LogP contribution in [-0.2, 0) is 9.53 Å². The molecule has 0 spiro atoms. The second kappa shape index (κ2) is 5.83. The average molecular weight is 242 g/mol. The van der Waals surface area contributed by atoms with Crippen molar-refractivity contribution in [2.45, 2.75) is 39.7 Å². The van der Waals surface area contributed by atoms with Crippen molar-refractivity contribution in [1.82, 2.24) is 4.90 Å². The fraction of sp³-hybridized carbons (Fsp3) is 0.923. The number of nitrogens with zero attached hydrogens (tertiary/aromatic N) is 1. The number of hydrogen-bond acceptors (Lipinski definition) is 3. The second-order valence-electron chi connectivity index (χ2n) is 6.07. The van der Waals surface area contributed by atoms with Gasteiger partial charge in [0, 0.05) is 26.8 Å². The molecule has 0 aromatic carbocycles. The minimum absolute atomic E-state index is 0.0911. The Morgan fingerprint density at radius 3 is 2.35 bits per heavy atom. The summed E-state index contributed by atoms with van der Waals surface area (Å²) < 4.78 is 5.15. The number of carbonyl (C=O) groups is 1. The highest BCUT2D eigenvalue weighted by atomic mass is 16.5. The molecule has 4 nitrogen and oxygen atoms in total. The molecule has 1 fully saturated rings. The highest BCUT2D eigenvalue weighted by molar-refractivity contribution is 5.82. The second-order valence-corrected chi connectivity index (χ2v) is 6.07. The molecule has 0 unspecified atom stereocenters. The summed E-state index contributed by atoms with van der Waals surface area (Å²) in [5, 5.41) is 0. The Balaban J connectivity index is 2.46. The molecule has 17 heavy (non-hydrogen) atoms. The Kier molecular flexibility index (Phi) is 4.95. The fourth-order valence-corrected chi connectivity index (χ4v) is 2.12. The van der Waals surface area contributed by atoms with E-state index in [4.69, 9.17) is 10.5 Å². The number of methoxy groups -OCH3 is 1. The Hall–Kier alpha value is -0.610. The van der Waals surface area contributed by atoms with Gasteiger partial charge in [-0.1, -0.05) is 20.8 Å². The van der Waals surface area contributed by atoms with Gasteiger partial charge in [0.2, 0.25) is 5.91 Å². The molecule has 1 aliphatic rings. The van der Waals surface area contributed by atoms with Crippen molar-refractivity contribution in [3.05, 3.63) is 0 Å². The number of nitrogens with two attached hydrogens (primary N) is 1. The van der Waals surface area contributed by atoms with E-state index in [1.807, 2.05) is 25.7 Å². The molecule has 4 heteroatoms. The van der Waals surface area contributed by atoms with Crippen LogP contribution in [0.5, 0.6) is 0 Å². The van der Waals surface area contributed by atoms with Gasteiger partial charge in [0.1, 0.15) is 0 Å². The van der Waals surface area contributed by atoms with Crippen LogP contribution in [-0.4, -0.2) is 43.7 Å². The van der Waals surface area contributed by atoms with Gasteiger partial charge in [-0.15, -0.1) is 0 Å². The summed E-state index contributed by atoms with van der Waals surface area (Å²) in [6.07, 6.45) is 2.05. The van der Waals surface area contributed by atoms with Gasteiger partial charge in [-0.05, 0) is 24.2 Å². The maximum atomic E-state index is 12.2. The molecule has 1 amide bonds. The largest absolute Gasteiger partial charge is 0.384 e. The van der Waals surface area contributed by atoms with Crippen molar-refractivity contribution in [2.75, 3.05) is 26.8 Å². The van der Waals surface area contributed by atoms with E-state index in [2.05, 4.69) is 0 Å². The maximum absolute atomic E-state index is 12.2. The van der Waals surface area contributed by atoms with Gasteiger partial charge in [0.05, 0.1) is 6.04 Å². The molecule has 0 saturated carbocycles. The summed E-state index contributed by atoms with van der Waals surface area (Å²) in [7, 11) is 1.73. The summed E-state index contributed by atoms with van der Waals surface area (Å²) in [5.41, 5.74) is 5.84. The smallest absolute Gasteiger partial charge is 0.240 e. The van der Waals surface area contributed by atoms with Crippen LogP contribution >= 0.6 is 0 Å². The first-order valence-corrected chi connectivity index (χ1v) is 6.39. The Morgan fingerprint density at radius 1 is 1.41 bits per heavy atom. The van der Waals surface area contributed by atoms with Gasteiger partial charge in [0.25, 0.3) is 0 Å². The van der Waals surface area contributed by atoms with Gasteiger partial charge in [0.15, 0.2) is 0 Å². The minimum atomic E-state index is -0.401. The number of likely N-dealkylation sites (tertiary alicyclic amines) is 1. The molecule has 0 aromatic heterocycles. The summed E-state index contributed by atoms with van der Waals surface area (Å²) in [5.74, 6) is 0.684. The minimum Gasteiger partial charge on any atom is -0.384 e. The lowest BCUT2D eigenvalue weighted by atomic mass is 9.86. The van der Waals surface area contributed by atoms with Crippen LogP contribution < -0.4 is 5.73 Å². The van der Waals surface area contributed by atoms with E-state index in [1.165, 1.54) is 0 Å². The number of amides is 1. The standard InChI is InChI=1S/C13H26N2O2/c1-13(2,3)11(14)12(16)15-7-5-10(6-8-15)9-17-4/h10-11H,5-9,14H2,1-4H3/t11-/m1/s1. The number of rotatable bonds is 3. The molecule has 2 N–H and O–H groups in total. The normalized spacial score (nSPS) is 20.4. The molecule has 1 saturated heterocycles. The van der Waals surface area contributed by atoms with E-state index >= 15 is 0 Å². The van der Waals surface area contributed by atoms with Gasteiger partial charge >= 0.3 is 0 Å². The van der Waals surface area contributed by atoms with Crippen LogP contribution in [0.4, 0.5) is 0 Å². The van der Waals surface area contributed by atoms with E-state index in [-0.39, 0.29) is 11.3 Å². The van der Waals surface area contributed by atoms with E-state index < -0.39 is 6.04 Å². The van der Waals surface area contributed by atoms with Crippen molar-refractivity contribution in [3.63, 3.8) is 0 Å². The van der Waals surface area contributed by atoms with E-state index in [9.17, 15) is 4.79 Å². The topological polar surface area (TPSA) is 55.6 Å². The third kappa shape index (κ3) is 3.96. The van der Waals surface area contributed by atoms with Gasteiger partial charge in [-0.25, -0.2) is 0 Å². The van der Waals surface area contributed by atoms with Crippen molar-refractivity contribution < 1.29 is 9.53 Å². The van der Waals surface area contributed by atoms with Gasteiger partial charge in [-0.2, -0.15) is 0 Å². The SMILES string of the molecule is COCC1CCN(C(=O)[C@@H](N)C(C)(C)C)CC1. The summed E-state index contributed by atoms with van der Waals surface area (Å²) >= 11 is 0. The lowest BCUT2D eigenvalue weighted by molar-refractivity contribution is -0.136. The highest BCUT2D eigenvalue weighted by Gasteiger charge is 2.32. The molecule has 1 rings (SSSR count). The number of piperidine rings is 1. The zero-order valence-electron chi connectivity index (χ0n) is 11.5. The molecule has 0 aromatic rings. The van der Waals surface area contributed by atoms with Crippen LogP contribution in [0.2, 0.25) is 0 Å². The lowest BCUT2D eigenvalue weighted by Crippen LogP contribution is -2.52. The molecule has 0 bridgehead atoms. The first-order chi connectivity index (χ1) is 7.86. The fourth-order valence-electron chi connectivity index (χ4n) is 2.12. The monoisotopic (exact) mass is 242 g/mol. The zero-order chi connectivity index (χ0) is 13.1. The van der Waals surface area contributed by atoms with Crippen LogP contribution in [0.15, 0.2) is 0 Å². The summed E-state index contributed by atoms with van der Waals surface area (Å²) in [4.78, 5) is 14.1. The predicted octanol–water partition coefficient (Wildman–Crippen LogP) is 1.24. The lowest BCUT2D eigenvalue weighted by Gasteiger charge is -2.36. The maximum Gasteiger partial charge on any atom is 0.240 e. The Labute approximate surface area is 104 Å². The number of carbonyl (C=O) groups excluding carboxylic acids is 1. The van der Waals surface area contributed by atoms with Gasteiger partial charge < -0.3 is 15.4 Å². The molecule has 1 aliphatic heterocycles. The van der Waals surface area contributed by atoms with Crippen molar-refractivity contribution in [1.29, 1.82) is 0 Å². The van der Waals surface area contributed by atoms with Crippen LogP contribution in [0.3, 0.4) is 0 Å². The molecule has 0 aliphatic carbocycles. The third-order valence-electron chi connectivity index (χ3n) is 3.53. The number of ether oxygens (including phenoxy) is 1. The van der Waals surface area contributed by atoms with Gasteiger partial charge in [-0.3, -0.25) is 4.79 Å². The molecular formula is C13H26N2O2. The van der Waals surface area contributed by atoms with Crippen molar-refractivity contribution in [3.8, 4) is 0 Å². The Morgan fingerprint density at radius 2 is 1.94 bits per heavy atom. The van der Waals surface area contributed by atoms with Crippen molar-refractivity contribution in [2.24, 2.45) is 17.1 Å². The van der Waals surface area contributed by atoms with Crippen LogP contribution in [0.1, 0.15) is 33.6 Å². The first kappa shape index (κ1) is 14.5. The predicted molar refractivity (Wildman–Crippen MR) is 68.6 cm³/mol. The average Bonchev–Trinajstić information content (AvgIpc) is 2.27. The first-order valence-electron chi connectivity index (χ1n) is 6.39. The van der Waals surface area contributed by atoms with Crippen LogP contribution in [0, 0.1) is 11.3 Å². The molecule has 1 atom stereocenters. The summed E-state index contributed by atoms with van der Waals surface area (Å²) in [6.45, 7) is 8.45. The molecular weight excluding hydrogens is 216 g/mol. The Bertz CT molecular complexity index is 253. The van der Waals surface area contributed by atoms with E-state index in [0.717, 1.165) is 32.5 Å². The van der Waals surface area contributed by atoms with E-state index in [1.54, 1.807) is 7.11 Å². The number of hydrogen-bond donors (Lipinski definition) is 1. The molecule has 100 valence electrons. The molecule has 1 heterocycles. The summed E-state index contributed by atoms with van der Waals surface area (Å²) in [6, 6.07) is -0.401. The third-order valence-corrected chi connectivity index (χ3v) is 3.53. The highest BCUT2D eigenvalue weighted by Crippen LogP contribution is 2.22. The van der Waals surface area contributed by atoms with E-state index in [0.29, 0.717) is 5.92 Å². The van der Waals surface area contributed by atoms with Crippen LogP contribution in [0.25, 0.3) is 0 Å². The zero-order valence-corrected chi connectivity index (χ0v) is 11.5.